The van der Waals surface area contributed by atoms with Crippen LogP contribution in [0.4, 0.5) is 11.4 Å². The molecule has 2 aromatic rings. The van der Waals surface area contributed by atoms with Crippen LogP contribution in [0.2, 0.25) is 0 Å². The first kappa shape index (κ1) is 11.6. The van der Waals surface area contributed by atoms with Crippen LogP contribution in [0.1, 0.15) is 0 Å². The second-order valence-electron chi connectivity index (χ2n) is 3.86. The van der Waals surface area contributed by atoms with Crippen LogP contribution >= 0.6 is 0 Å². The first-order valence-corrected chi connectivity index (χ1v) is 5.53. The van der Waals surface area contributed by atoms with Gasteiger partial charge in [0, 0.05) is 14.1 Å². The number of hydroxylamine groups is 2. The Hall–Kier alpha value is -1.84. The smallest absolute Gasteiger partial charge is 0.0714 e. The lowest BCUT2D eigenvalue weighted by Crippen LogP contribution is -2.26. The van der Waals surface area contributed by atoms with Crippen LogP contribution in [0.15, 0.2) is 60.7 Å². The van der Waals surface area contributed by atoms with E-state index in [1.165, 1.54) is 0 Å². The third-order valence-corrected chi connectivity index (χ3v) is 2.23. The highest BCUT2D eigenvalue weighted by Crippen LogP contribution is 2.25. The molecule has 0 saturated heterocycles. The van der Waals surface area contributed by atoms with Crippen molar-refractivity contribution < 1.29 is 4.94 Å². The predicted octanol–water partition coefficient (Wildman–Crippen LogP) is 3.23. The Labute approximate surface area is 102 Å². The summed E-state index contributed by atoms with van der Waals surface area (Å²) in [6.07, 6.45) is 0. The fourth-order valence-electron chi connectivity index (χ4n) is 1.53. The summed E-state index contributed by atoms with van der Waals surface area (Å²) in [4.78, 5) is 5.69. The Bertz CT molecular complexity index is 403. The van der Waals surface area contributed by atoms with Crippen LogP contribution in [0.25, 0.3) is 0 Å². The number of rotatable bonds is 4. The van der Waals surface area contributed by atoms with Crippen LogP contribution in [0.3, 0.4) is 0 Å². The van der Waals surface area contributed by atoms with Crippen LogP contribution in [0.5, 0.6) is 0 Å². The van der Waals surface area contributed by atoms with E-state index >= 15 is 0 Å². The van der Waals surface area contributed by atoms with E-state index in [9.17, 15) is 0 Å². The maximum atomic E-state index is 5.69. The van der Waals surface area contributed by atoms with Gasteiger partial charge in [-0.1, -0.05) is 36.4 Å². The normalized spacial score (nSPS) is 10.5. The second-order valence-corrected chi connectivity index (χ2v) is 3.86. The van der Waals surface area contributed by atoms with Gasteiger partial charge in [0.25, 0.3) is 0 Å². The lowest BCUT2D eigenvalue weighted by atomic mass is 10.2. The van der Waals surface area contributed by atoms with Gasteiger partial charge in [-0.05, 0) is 24.3 Å². The zero-order valence-electron chi connectivity index (χ0n) is 10.1. The van der Waals surface area contributed by atoms with Crippen molar-refractivity contribution in [1.82, 2.24) is 5.06 Å². The molecule has 17 heavy (non-hydrogen) atoms. The third kappa shape index (κ3) is 3.06. The number of anilines is 2. The molecule has 88 valence electrons. The van der Waals surface area contributed by atoms with Crippen LogP contribution in [-0.2, 0) is 4.94 Å². The quantitative estimate of drug-likeness (QED) is 0.747. The molecule has 0 aliphatic heterocycles. The maximum absolute atomic E-state index is 5.69. The SMILES string of the molecule is CN(C)ON(c1ccccc1)c1ccccc1. The molecule has 0 bridgehead atoms. The molecule has 0 heterocycles. The van der Waals surface area contributed by atoms with Gasteiger partial charge in [-0.2, -0.15) is 10.0 Å². The number of para-hydroxylation sites is 2. The highest BCUT2D eigenvalue weighted by Gasteiger charge is 2.10. The standard InChI is InChI=1S/C14H16N2O/c1-15(2)17-16(13-9-5-3-6-10-13)14-11-7-4-8-12-14/h3-12H,1-2H3. The lowest BCUT2D eigenvalue weighted by Gasteiger charge is -2.26. The second kappa shape index (κ2) is 5.48. The van der Waals surface area contributed by atoms with E-state index in [0.29, 0.717) is 0 Å². The monoisotopic (exact) mass is 228 g/mol. The molecule has 0 unspecified atom stereocenters. The molecule has 3 nitrogen and oxygen atoms in total. The number of hydrogen-bond donors (Lipinski definition) is 0. The van der Waals surface area contributed by atoms with Crippen molar-refractivity contribution in [3.05, 3.63) is 60.7 Å². The van der Waals surface area contributed by atoms with Crippen molar-refractivity contribution >= 4 is 11.4 Å². The molecule has 0 atom stereocenters. The summed E-state index contributed by atoms with van der Waals surface area (Å²) in [7, 11) is 3.72. The van der Waals surface area contributed by atoms with Crippen molar-refractivity contribution in [2.75, 3.05) is 19.2 Å². The minimum atomic E-state index is 0.993. The zero-order valence-corrected chi connectivity index (χ0v) is 10.1. The first-order chi connectivity index (χ1) is 8.27. The summed E-state index contributed by atoms with van der Waals surface area (Å²) in [6, 6.07) is 20.0. The predicted molar refractivity (Wildman–Crippen MR) is 69.8 cm³/mol. The first-order valence-electron chi connectivity index (χ1n) is 5.53. The van der Waals surface area contributed by atoms with Gasteiger partial charge < -0.3 is 0 Å². The number of benzene rings is 2. The van der Waals surface area contributed by atoms with Crippen LogP contribution in [0, 0.1) is 0 Å². The highest BCUT2D eigenvalue weighted by atomic mass is 16.8. The molecule has 0 saturated carbocycles. The molecule has 0 aliphatic rings. The van der Waals surface area contributed by atoms with Gasteiger partial charge in [-0.15, -0.1) is 0 Å². The Kier molecular flexibility index (Phi) is 3.75. The Balaban J connectivity index is 2.32. The van der Waals surface area contributed by atoms with Crippen molar-refractivity contribution in [2.45, 2.75) is 0 Å². The molecular weight excluding hydrogens is 212 g/mol. The van der Waals surface area contributed by atoms with Crippen molar-refractivity contribution in [3.8, 4) is 0 Å². The topological polar surface area (TPSA) is 15.7 Å². The Morgan fingerprint density at radius 1 is 0.706 bits per heavy atom. The van der Waals surface area contributed by atoms with E-state index < -0.39 is 0 Å². The van der Waals surface area contributed by atoms with E-state index in [1.807, 2.05) is 74.8 Å². The molecule has 0 spiro atoms. The van der Waals surface area contributed by atoms with Crippen LogP contribution < -0.4 is 5.06 Å². The van der Waals surface area contributed by atoms with Crippen LogP contribution in [-0.4, -0.2) is 19.2 Å². The van der Waals surface area contributed by atoms with Gasteiger partial charge in [-0.25, -0.2) is 5.06 Å². The average molecular weight is 228 g/mol. The molecule has 0 fully saturated rings. The fourth-order valence-corrected chi connectivity index (χ4v) is 1.53. The summed E-state index contributed by atoms with van der Waals surface area (Å²) in [6.45, 7) is 0. The molecular formula is C14H16N2O. The number of hydrogen-bond acceptors (Lipinski definition) is 3. The maximum Gasteiger partial charge on any atom is 0.0714 e. The third-order valence-electron chi connectivity index (χ3n) is 2.23. The van der Waals surface area contributed by atoms with Gasteiger partial charge in [0.05, 0.1) is 11.4 Å². The fraction of sp³-hybridized carbons (Fsp3) is 0.143. The minimum Gasteiger partial charge on any atom is -0.203 e. The molecule has 0 N–H and O–H groups in total. The molecule has 2 rings (SSSR count). The molecule has 0 aromatic heterocycles. The summed E-state index contributed by atoms with van der Waals surface area (Å²) < 4.78 is 0. The Morgan fingerprint density at radius 3 is 1.47 bits per heavy atom. The van der Waals surface area contributed by atoms with Gasteiger partial charge in [0.1, 0.15) is 0 Å². The minimum absolute atomic E-state index is 0.993. The Morgan fingerprint density at radius 2 is 1.12 bits per heavy atom. The van der Waals surface area contributed by atoms with E-state index in [-0.39, 0.29) is 0 Å². The van der Waals surface area contributed by atoms with Gasteiger partial charge >= 0.3 is 0 Å². The van der Waals surface area contributed by atoms with E-state index in [2.05, 4.69) is 0 Å². The molecule has 0 aliphatic carbocycles. The van der Waals surface area contributed by atoms with Gasteiger partial charge in [0.2, 0.25) is 0 Å². The summed E-state index contributed by atoms with van der Waals surface area (Å²) in [5.74, 6) is 0. The summed E-state index contributed by atoms with van der Waals surface area (Å²) in [5.41, 5.74) is 1.99. The van der Waals surface area contributed by atoms with Gasteiger partial charge in [-0.3, -0.25) is 0 Å². The average Bonchev–Trinajstić information content (AvgIpc) is 2.38. The number of nitrogens with zero attached hydrogens (tertiary/aromatic N) is 2. The zero-order chi connectivity index (χ0) is 12.1. The highest BCUT2D eigenvalue weighted by molar-refractivity contribution is 5.59. The largest absolute Gasteiger partial charge is 0.203 e. The van der Waals surface area contributed by atoms with E-state index in [0.717, 1.165) is 11.4 Å². The molecule has 2 aromatic carbocycles. The van der Waals surface area contributed by atoms with Crippen molar-refractivity contribution in [3.63, 3.8) is 0 Å². The molecule has 3 heteroatoms. The molecule has 0 radical (unpaired) electrons. The summed E-state index contributed by atoms with van der Waals surface area (Å²) >= 11 is 0. The van der Waals surface area contributed by atoms with E-state index in [1.54, 1.807) is 10.1 Å². The van der Waals surface area contributed by atoms with E-state index in [4.69, 9.17) is 4.94 Å². The lowest BCUT2D eigenvalue weighted by molar-refractivity contribution is -0.120. The van der Waals surface area contributed by atoms with Crippen molar-refractivity contribution in [1.29, 1.82) is 0 Å². The summed E-state index contributed by atoms with van der Waals surface area (Å²) in [5, 5.41) is 3.46. The van der Waals surface area contributed by atoms with Gasteiger partial charge in [0.15, 0.2) is 0 Å². The molecule has 0 amide bonds. The van der Waals surface area contributed by atoms with Crippen molar-refractivity contribution in [2.24, 2.45) is 0 Å².